The van der Waals surface area contributed by atoms with Crippen LogP contribution < -0.4 is 10.6 Å². The van der Waals surface area contributed by atoms with Gasteiger partial charge in [0, 0.05) is 11.1 Å². The molecule has 0 fully saturated rings. The molecule has 0 aliphatic carbocycles. The van der Waals surface area contributed by atoms with E-state index in [4.69, 9.17) is 10.6 Å². The van der Waals surface area contributed by atoms with Gasteiger partial charge in [-0.15, -0.1) is 0 Å². The third kappa shape index (κ3) is 4.47. The van der Waals surface area contributed by atoms with E-state index in [0.717, 1.165) is 22.4 Å². The lowest BCUT2D eigenvalue weighted by molar-refractivity contribution is -0.144. The lowest BCUT2D eigenvalue weighted by Gasteiger charge is -2.30. The molecular weight excluding hydrogens is 278 g/mol. The van der Waals surface area contributed by atoms with Gasteiger partial charge < -0.3 is 9.57 Å². The summed E-state index contributed by atoms with van der Waals surface area (Å²) in [5, 5.41) is 0. The molecule has 0 aromatic heterocycles. The molecule has 0 aliphatic rings. The molecule has 0 aliphatic heterocycles. The zero-order chi connectivity index (χ0) is 17.1. The Morgan fingerprint density at radius 1 is 1.05 bits per heavy atom. The Hall–Kier alpha value is -1.55. The highest BCUT2D eigenvalue weighted by Gasteiger charge is 2.27. The molecule has 4 heteroatoms. The molecule has 0 radical (unpaired) electrons. The van der Waals surface area contributed by atoms with Crippen molar-refractivity contribution in [1.29, 1.82) is 0 Å². The largest absolute Gasteiger partial charge is 0.496 e. The van der Waals surface area contributed by atoms with Crippen molar-refractivity contribution in [3.63, 3.8) is 0 Å². The van der Waals surface area contributed by atoms with Crippen LogP contribution in [-0.2, 0) is 26.9 Å². The predicted molar refractivity (Wildman–Crippen MR) is 89.0 cm³/mol. The Labute approximate surface area is 133 Å². The number of ether oxygens (including phenoxy) is 1. The van der Waals surface area contributed by atoms with E-state index in [1.54, 1.807) is 7.11 Å². The molecule has 0 unspecified atom stereocenters. The third-order valence-corrected chi connectivity index (χ3v) is 3.72. The lowest BCUT2D eigenvalue weighted by Crippen LogP contribution is -2.20. The Morgan fingerprint density at radius 3 is 1.82 bits per heavy atom. The molecule has 22 heavy (non-hydrogen) atoms. The standard InChI is InChI=1S/C18H29NO3/c1-17(2,3)13-10-12(8-9-15(20)22-19)11-14(16(13)21-7)18(4,5)6/h10-11H,8-9,19H2,1-7H3. The maximum absolute atomic E-state index is 11.3. The summed E-state index contributed by atoms with van der Waals surface area (Å²) in [5.74, 6) is 5.45. The highest BCUT2D eigenvalue weighted by molar-refractivity contribution is 5.69. The number of carbonyl (C=O) groups excluding carboxylic acids is 1. The number of aryl methyl sites for hydroxylation is 1. The number of benzene rings is 1. The van der Waals surface area contributed by atoms with Crippen molar-refractivity contribution in [2.45, 2.75) is 65.2 Å². The molecule has 0 bridgehead atoms. The number of hydrogen-bond donors (Lipinski definition) is 1. The first-order chi connectivity index (χ1) is 10.0. The van der Waals surface area contributed by atoms with Crippen molar-refractivity contribution in [1.82, 2.24) is 0 Å². The van der Waals surface area contributed by atoms with Gasteiger partial charge in [0.15, 0.2) is 0 Å². The normalized spacial score (nSPS) is 12.2. The van der Waals surface area contributed by atoms with E-state index in [0.29, 0.717) is 6.42 Å². The number of nitrogens with two attached hydrogens (primary N) is 1. The van der Waals surface area contributed by atoms with Crippen LogP contribution in [0.3, 0.4) is 0 Å². The zero-order valence-electron chi connectivity index (χ0n) is 14.9. The minimum atomic E-state index is -0.398. The van der Waals surface area contributed by atoms with Crippen LogP contribution in [-0.4, -0.2) is 13.1 Å². The zero-order valence-corrected chi connectivity index (χ0v) is 14.9. The highest BCUT2D eigenvalue weighted by atomic mass is 16.7. The van der Waals surface area contributed by atoms with Crippen molar-refractivity contribution in [2.75, 3.05) is 7.11 Å². The van der Waals surface area contributed by atoms with Crippen LogP contribution in [0.1, 0.15) is 64.7 Å². The highest BCUT2D eigenvalue weighted by Crippen LogP contribution is 2.40. The molecule has 0 saturated carbocycles. The van der Waals surface area contributed by atoms with Crippen molar-refractivity contribution < 1.29 is 14.4 Å². The summed E-state index contributed by atoms with van der Waals surface area (Å²) in [5.41, 5.74) is 3.31. The van der Waals surface area contributed by atoms with Gasteiger partial charge in [-0.05, 0) is 22.8 Å². The molecule has 0 amide bonds. The van der Waals surface area contributed by atoms with Crippen molar-refractivity contribution >= 4 is 5.97 Å². The molecule has 2 N–H and O–H groups in total. The van der Waals surface area contributed by atoms with Crippen LogP contribution in [0.15, 0.2) is 12.1 Å². The lowest BCUT2D eigenvalue weighted by atomic mass is 9.78. The Balaban J connectivity index is 3.40. The number of carbonyl (C=O) groups is 1. The quantitative estimate of drug-likeness (QED) is 0.863. The summed E-state index contributed by atoms with van der Waals surface area (Å²) >= 11 is 0. The van der Waals surface area contributed by atoms with E-state index < -0.39 is 5.97 Å². The summed E-state index contributed by atoms with van der Waals surface area (Å²) in [6.45, 7) is 13.0. The smallest absolute Gasteiger partial charge is 0.324 e. The molecule has 1 aromatic rings. The van der Waals surface area contributed by atoms with Crippen LogP contribution in [0, 0.1) is 0 Å². The number of methoxy groups -OCH3 is 1. The van der Waals surface area contributed by atoms with Crippen LogP contribution >= 0.6 is 0 Å². The second-order valence-corrected chi connectivity index (χ2v) is 7.71. The van der Waals surface area contributed by atoms with E-state index in [9.17, 15) is 4.79 Å². The van der Waals surface area contributed by atoms with Gasteiger partial charge in [0.1, 0.15) is 5.75 Å². The number of hydrogen-bond acceptors (Lipinski definition) is 4. The Kier molecular flexibility index (Phi) is 5.63. The van der Waals surface area contributed by atoms with Gasteiger partial charge in [0.2, 0.25) is 0 Å². The summed E-state index contributed by atoms with van der Waals surface area (Å²) in [4.78, 5) is 15.5. The molecule has 1 rings (SSSR count). The van der Waals surface area contributed by atoms with Gasteiger partial charge in [-0.3, -0.25) is 4.79 Å². The van der Waals surface area contributed by atoms with E-state index in [1.165, 1.54) is 0 Å². The van der Waals surface area contributed by atoms with E-state index in [1.807, 2.05) is 0 Å². The van der Waals surface area contributed by atoms with Crippen LogP contribution in [0.5, 0.6) is 5.75 Å². The van der Waals surface area contributed by atoms with Gasteiger partial charge in [-0.1, -0.05) is 53.7 Å². The molecule has 0 saturated heterocycles. The average molecular weight is 307 g/mol. The summed E-state index contributed by atoms with van der Waals surface area (Å²) in [7, 11) is 1.71. The van der Waals surface area contributed by atoms with Crippen LogP contribution in [0.2, 0.25) is 0 Å². The van der Waals surface area contributed by atoms with Crippen molar-refractivity contribution in [3.05, 3.63) is 28.8 Å². The summed E-state index contributed by atoms with van der Waals surface area (Å²) in [6, 6.07) is 4.25. The maximum atomic E-state index is 11.3. The molecule has 4 nitrogen and oxygen atoms in total. The Bertz CT molecular complexity index is 501. The predicted octanol–water partition coefficient (Wildman–Crippen LogP) is 3.64. The SMILES string of the molecule is COc1c(C(C)(C)C)cc(CCC(=O)ON)cc1C(C)(C)C. The van der Waals surface area contributed by atoms with Crippen molar-refractivity contribution in [2.24, 2.45) is 5.90 Å². The molecule has 124 valence electrons. The van der Waals surface area contributed by atoms with Crippen molar-refractivity contribution in [3.8, 4) is 5.75 Å². The summed E-state index contributed by atoms with van der Waals surface area (Å²) < 4.78 is 5.72. The van der Waals surface area contributed by atoms with E-state index in [-0.39, 0.29) is 17.3 Å². The maximum Gasteiger partial charge on any atom is 0.324 e. The van der Waals surface area contributed by atoms with Gasteiger partial charge in [-0.2, -0.15) is 5.90 Å². The minimum absolute atomic E-state index is 0.0459. The average Bonchev–Trinajstić information content (AvgIpc) is 2.41. The Morgan fingerprint density at radius 2 is 1.50 bits per heavy atom. The first-order valence-electron chi connectivity index (χ1n) is 7.62. The molecule has 0 atom stereocenters. The fourth-order valence-electron chi connectivity index (χ4n) is 2.47. The second-order valence-electron chi connectivity index (χ2n) is 7.71. The molecular formula is C18H29NO3. The van der Waals surface area contributed by atoms with Crippen LogP contribution in [0.4, 0.5) is 0 Å². The van der Waals surface area contributed by atoms with Gasteiger partial charge in [-0.25, -0.2) is 0 Å². The molecule has 0 heterocycles. The monoisotopic (exact) mass is 307 g/mol. The molecule has 0 spiro atoms. The van der Waals surface area contributed by atoms with E-state index in [2.05, 4.69) is 58.5 Å². The second kappa shape index (κ2) is 6.69. The van der Waals surface area contributed by atoms with Crippen LogP contribution in [0.25, 0.3) is 0 Å². The minimum Gasteiger partial charge on any atom is -0.496 e. The topological polar surface area (TPSA) is 61.5 Å². The first-order valence-corrected chi connectivity index (χ1v) is 7.62. The van der Waals surface area contributed by atoms with Gasteiger partial charge >= 0.3 is 5.97 Å². The number of rotatable bonds is 4. The first kappa shape index (κ1) is 18.5. The van der Waals surface area contributed by atoms with Gasteiger partial charge in [0.25, 0.3) is 0 Å². The van der Waals surface area contributed by atoms with Gasteiger partial charge in [0.05, 0.1) is 13.5 Å². The third-order valence-electron chi connectivity index (χ3n) is 3.72. The summed E-state index contributed by atoms with van der Waals surface area (Å²) in [6.07, 6.45) is 0.877. The molecule has 1 aromatic carbocycles. The van der Waals surface area contributed by atoms with E-state index >= 15 is 0 Å². The fourth-order valence-corrected chi connectivity index (χ4v) is 2.47. The fraction of sp³-hybridized carbons (Fsp3) is 0.611.